The second-order valence-corrected chi connectivity index (χ2v) is 23.0. The molecule has 0 spiro atoms. The van der Waals surface area contributed by atoms with Crippen LogP contribution in [-0.4, -0.2) is 86.4 Å². The molecule has 0 saturated heterocycles. The molecule has 24 nitrogen and oxygen atoms in total. The van der Waals surface area contributed by atoms with Crippen LogP contribution in [0.4, 0.5) is 49.9 Å². The van der Waals surface area contributed by atoms with Gasteiger partial charge in [0.1, 0.15) is 59.8 Å². The van der Waals surface area contributed by atoms with Crippen LogP contribution < -0.4 is 43.8 Å². The number of benzene rings is 4. The number of aromatic nitrogens is 8. The van der Waals surface area contributed by atoms with E-state index < -0.39 is 29.4 Å². The quantitative estimate of drug-likeness (QED) is 0.0700. The number of amides is 2. The number of ether oxygens (including phenoxy) is 2. The Morgan fingerprint density at radius 2 is 0.793 bits per heavy atom. The summed E-state index contributed by atoms with van der Waals surface area (Å²) in [4.78, 5) is 102. The Balaban J connectivity index is 0.000000146. The van der Waals surface area contributed by atoms with Gasteiger partial charge in [0.15, 0.2) is 23.1 Å². The van der Waals surface area contributed by atoms with E-state index in [1.807, 2.05) is 60.7 Å². The molecule has 0 aliphatic heterocycles. The first kappa shape index (κ1) is 63.1. The van der Waals surface area contributed by atoms with Gasteiger partial charge in [-0.05, 0) is 161 Å². The number of alkyl carbamates (subject to hydrolysis) is 2. The van der Waals surface area contributed by atoms with Crippen LogP contribution in [-0.2, 0) is 9.47 Å². The first-order valence-electron chi connectivity index (χ1n) is 27.4. The third-order valence-corrected chi connectivity index (χ3v) is 13.6. The molecule has 12 rings (SSSR count). The van der Waals surface area contributed by atoms with Gasteiger partial charge in [0, 0.05) is 106 Å². The van der Waals surface area contributed by atoms with Crippen molar-refractivity contribution in [3.8, 4) is 0 Å². The zero-order valence-electron chi connectivity index (χ0n) is 48.4. The molecular weight excluding hydrogens is 1180 g/mol. The van der Waals surface area contributed by atoms with Crippen molar-refractivity contribution in [3.63, 3.8) is 0 Å². The van der Waals surface area contributed by atoms with E-state index in [-0.39, 0.29) is 54.1 Å². The number of ketones is 4. The third kappa shape index (κ3) is 18.0. The molecule has 4 unspecified atom stereocenters. The van der Waals surface area contributed by atoms with Gasteiger partial charge in [-0.1, -0.05) is 15.9 Å². The highest BCUT2D eigenvalue weighted by atomic mass is 79.9. The van der Waals surface area contributed by atoms with E-state index in [1.54, 1.807) is 103 Å². The Morgan fingerprint density at radius 3 is 1.13 bits per heavy atom. The van der Waals surface area contributed by atoms with Crippen LogP contribution in [0.5, 0.6) is 0 Å². The average molecular weight is 1240 g/mol. The normalized spacial score (nSPS) is 16.6. The number of anilines is 7. The lowest BCUT2D eigenvalue weighted by Crippen LogP contribution is -2.34. The molecule has 11 N–H and O–H groups in total. The number of nitrogens with two attached hydrogens (primary N) is 3. The summed E-state index contributed by atoms with van der Waals surface area (Å²) in [7, 11) is 0. The summed E-state index contributed by atoms with van der Waals surface area (Å²) >= 11 is 3.37. The van der Waals surface area contributed by atoms with Crippen LogP contribution in [0.25, 0.3) is 0 Å². The number of rotatable bonds is 8. The Hall–Kier alpha value is -9.98. The van der Waals surface area contributed by atoms with Gasteiger partial charge in [0.05, 0.1) is 12.1 Å². The van der Waals surface area contributed by atoms with Gasteiger partial charge in [0.25, 0.3) is 0 Å². The summed E-state index contributed by atoms with van der Waals surface area (Å²) < 4.78 is 11.4. The predicted octanol–water partition coefficient (Wildman–Crippen LogP) is 10.6. The van der Waals surface area contributed by atoms with Crippen LogP contribution >= 0.6 is 15.9 Å². The van der Waals surface area contributed by atoms with Crippen LogP contribution in [0.2, 0.25) is 0 Å². The van der Waals surface area contributed by atoms with Crippen molar-refractivity contribution in [2.24, 2.45) is 11.5 Å². The van der Waals surface area contributed by atoms with Gasteiger partial charge in [-0.2, -0.15) is 0 Å². The molecule has 448 valence electrons. The van der Waals surface area contributed by atoms with Crippen molar-refractivity contribution < 1.29 is 38.2 Å². The number of carbonyl (C=O) groups is 6. The highest BCUT2D eigenvalue weighted by Gasteiger charge is 2.34. The Kier molecular flexibility index (Phi) is 20.5. The topological polar surface area (TPSA) is 362 Å². The smallest absolute Gasteiger partial charge is 0.408 e. The van der Waals surface area contributed by atoms with E-state index in [2.05, 4.69) is 82.4 Å². The third-order valence-electron chi connectivity index (χ3n) is 13.1. The fourth-order valence-corrected chi connectivity index (χ4v) is 9.69. The first-order valence-corrected chi connectivity index (χ1v) is 28.2. The number of nitrogen functional groups attached to an aromatic ring is 1. The van der Waals surface area contributed by atoms with Crippen molar-refractivity contribution in [3.05, 3.63) is 196 Å². The number of halogens is 1. The predicted molar refractivity (Wildman–Crippen MR) is 330 cm³/mol. The second kappa shape index (κ2) is 28.3. The SMILES string of the molecule is CC(C)(C)OC(=O)NC1CC(=O)c2ccc(Br)cc21.CC(C)(C)OC(=O)NC1CC(=O)c2ccc(Nc3ccncn3)cc21.NC1CC(=O)c2ccc(Nc3ccncn3)cc21.NC1CC(=O)c2ccc(Nc3ccncn3)cc21.Nc1ccncn1. The van der Waals surface area contributed by atoms with Gasteiger partial charge in [-0.15, -0.1) is 0 Å². The molecule has 0 fully saturated rings. The number of nitrogens with zero attached hydrogens (tertiary/aromatic N) is 8. The average Bonchev–Trinajstić information content (AvgIpc) is 1.86. The lowest BCUT2D eigenvalue weighted by Gasteiger charge is -2.22. The summed E-state index contributed by atoms with van der Waals surface area (Å²) in [5.41, 5.74) is 24.6. The van der Waals surface area contributed by atoms with Gasteiger partial charge in [-0.25, -0.2) is 49.5 Å². The second-order valence-electron chi connectivity index (χ2n) is 22.1. The Morgan fingerprint density at radius 1 is 0.460 bits per heavy atom. The van der Waals surface area contributed by atoms with Crippen molar-refractivity contribution in [1.29, 1.82) is 0 Å². The molecule has 2 amide bonds. The molecule has 25 heteroatoms. The molecular formula is C62H65BrN16O8. The van der Waals surface area contributed by atoms with Crippen LogP contribution in [0, 0.1) is 0 Å². The minimum Gasteiger partial charge on any atom is -0.444 e. The summed E-state index contributed by atoms with van der Waals surface area (Å²) in [6.07, 6.45) is 12.6. The van der Waals surface area contributed by atoms with Gasteiger partial charge in [-0.3, -0.25) is 19.2 Å². The fourth-order valence-electron chi connectivity index (χ4n) is 9.31. The molecule has 87 heavy (non-hydrogen) atoms. The van der Waals surface area contributed by atoms with Crippen LogP contribution in [0.1, 0.15) is 155 Å². The van der Waals surface area contributed by atoms with E-state index in [1.165, 1.54) is 25.3 Å². The number of hydrogen-bond donors (Lipinski definition) is 8. The van der Waals surface area contributed by atoms with E-state index in [4.69, 9.17) is 26.7 Å². The zero-order valence-corrected chi connectivity index (χ0v) is 50.0. The van der Waals surface area contributed by atoms with Crippen LogP contribution in [0.15, 0.2) is 152 Å². The van der Waals surface area contributed by atoms with Crippen molar-refractivity contribution in [2.45, 2.75) is 103 Å². The van der Waals surface area contributed by atoms with Gasteiger partial charge in [0.2, 0.25) is 0 Å². The highest BCUT2D eigenvalue weighted by molar-refractivity contribution is 9.10. The molecule has 0 saturated carbocycles. The van der Waals surface area contributed by atoms with E-state index in [0.717, 1.165) is 54.9 Å². The standard InChI is InChI=1S/C18H20N4O3.C14H16BrNO3.2C13H12N4O.C4H5N3/c1-18(2,3)25-17(24)22-14-9-15(23)12-5-4-11(8-13(12)14)21-16-6-7-19-10-20-16;1-14(2,3)19-13(18)16-11-7-12(17)9-5-4-8(15)6-10(9)11;2*14-11-6-12(18)9-2-1-8(5-10(9)11)17-13-3-4-15-7-16-13;5-4-1-2-6-3-7-4/h4-8,10,14H,9H2,1-3H3,(H,22,24)(H,19,20,21);4-6,11H,7H2,1-3H3,(H,16,18);2*1-5,7,11H,6,14H2,(H,15,16,17);1-3H,(H2,5,6,7). The van der Waals surface area contributed by atoms with E-state index >= 15 is 0 Å². The molecule has 4 heterocycles. The maximum atomic E-state index is 12.2. The number of fused-ring (bicyclic) bond motifs is 4. The van der Waals surface area contributed by atoms with Crippen LogP contribution in [0.3, 0.4) is 0 Å². The largest absolute Gasteiger partial charge is 0.444 e. The van der Waals surface area contributed by atoms with Crippen molar-refractivity contribution >= 4 is 91.6 Å². The number of nitrogens with one attached hydrogen (secondary N) is 5. The Labute approximate surface area is 509 Å². The molecule has 4 aliphatic carbocycles. The number of Topliss-reactive ketones (excluding diaryl/α,β-unsaturated/α-hetero) is 4. The molecule has 4 atom stereocenters. The minimum absolute atomic E-state index is 0.00430. The zero-order chi connectivity index (χ0) is 62.4. The molecule has 0 radical (unpaired) electrons. The lowest BCUT2D eigenvalue weighted by molar-refractivity contribution is 0.0490. The summed E-state index contributed by atoms with van der Waals surface area (Å²) in [5, 5.41) is 15.0. The van der Waals surface area contributed by atoms with Crippen molar-refractivity contribution in [1.82, 2.24) is 50.5 Å². The van der Waals surface area contributed by atoms with Gasteiger partial charge >= 0.3 is 12.2 Å². The van der Waals surface area contributed by atoms with Crippen molar-refractivity contribution in [2.75, 3.05) is 21.7 Å². The van der Waals surface area contributed by atoms with E-state index in [0.29, 0.717) is 47.2 Å². The highest BCUT2D eigenvalue weighted by Crippen LogP contribution is 2.37. The first-order chi connectivity index (χ1) is 41.4. The van der Waals surface area contributed by atoms with Gasteiger partial charge < -0.3 is 53.3 Å². The maximum absolute atomic E-state index is 12.2. The van der Waals surface area contributed by atoms with E-state index in [9.17, 15) is 28.8 Å². The fraction of sp³-hybridized carbons (Fsp3) is 0.258. The lowest BCUT2D eigenvalue weighted by atomic mass is 10.1. The molecule has 8 aromatic rings. The maximum Gasteiger partial charge on any atom is 0.408 e. The molecule has 0 bridgehead atoms. The summed E-state index contributed by atoms with van der Waals surface area (Å²) in [6, 6.07) is 27.9. The summed E-state index contributed by atoms with van der Waals surface area (Å²) in [5.74, 6) is 2.86. The monoisotopic (exact) mass is 1240 g/mol. The molecule has 4 aliphatic rings. The molecule has 4 aromatic heterocycles. The number of carbonyl (C=O) groups excluding carboxylic acids is 6. The minimum atomic E-state index is -0.591. The Bertz CT molecular complexity index is 3650. The summed E-state index contributed by atoms with van der Waals surface area (Å²) in [6.45, 7) is 10.8. The number of hydrogen-bond acceptors (Lipinski definition) is 22. The molecule has 4 aromatic carbocycles.